The zero-order chi connectivity index (χ0) is 29.2. The molecule has 0 unspecified atom stereocenters. The van der Waals surface area contributed by atoms with E-state index in [0.29, 0.717) is 13.2 Å². The molecule has 0 atom stereocenters. The van der Waals surface area contributed by atoms with Gasteiger partial charge in [-0.3, -0.25) is 0 Å². The van der Waals surface area contributed by atoms with Crippen LogP contribution in [0.3, 0.4) is 0 Å². The van der Waals surface area contributed by atoms with Crippen LogP contribution in [0.25, 0.3) is 11.1 Å². The van der Waals surface area contributed by atoms with Gasteiger partial charge in [0.25, 0.3) is 0 Å². The van der Waals surface area contributed by atoms with E-state index in [1.807, 2.05) is 0 Å². The Morgan fingerprint density at radius 3 is 1.82 bits per heavy atom. The number of hydrogen-bond donors (Lipinski definition) is 0. The zero-order valence-corrected chi connectivity index (χ0v) is 21.0. The van der Waals surface area contributed by atoms with Gasteiger partial charge in [-0.25, -0.2) is 30.7 Å². The Morgan fingerprint density at radius 1 is 0.750 bits per heavy atom. The fraction of sp³-hybridized carbons (Fsp3) is 0.357. The molecule has 40 heavy (non-hydrogen) atoms. The summed E-state index contributed by atoms with van der Waals surface area (Å²) >= 11 is 0. The van der Waals surface area contributed by atoms with Crippen molar-refractivity contribution < 1.29 is 53.7 Å². The molecule has 1 aliphatic heterocycles. The molecule has 0 N–H and O–H groups in total. The molecular formula is C28H23F9O3. The maximum Gasteiger partial charge on any atom is 0.432 e. The highest BCUT2D eigenvalue weighted by Gasteiger charge is 2.42. The third-order valence-corrected chi connectivity index (χ3v) is 6.34. The fourth-order valence-corrected chi connectivity index (χ4v) is 4.38. The largest absolute Gasteiger partial charge is 0.432 e. The van der Waals surface area contributed by atoms with E-state index in [2.05, 4.69) is 11.7 Å². The summed E-state index contributed by atoms with van der Waals surface area (Å²) in [5.41, 5.74) is -3.69. The third-order valence-electron chi connectivity index (χ3n) is 6.34. The highest BCUT2D eigenvalue weighted by molar-refractivity contribution is 5.66. The first-order valence-corrected chi connectivity index (χ1v) is 12.3. The summed E-state index contributed by atoms with van der Waals surface area (Å²) in [6.45, 7) is 2.69. The van der Waals surface area contributed by atoms with Crippen molar-refractivity contribution in [3.05, 3.63) is 88.2 Å². The van der Waals surface area contributed by atoms with Crippen molar-refractivity contribution in [3.8, 4) is 16.9 Å². The molecule has 0 radical (unpaired) electrons. The van der Waals surface area contributed by atoms with Crippen molar-refractivity contribution in [2.24, 2.45) is 5.92 Å². The van der Waals surface area contributed by atoms with E-state index in [0.717, 1.165) is 37.8 Å². The molecule has 1 heterocycles. The van der Waals surface area contributed by atoms with Crippen molar-refractivity contribution in [3.63, 3.8) is 0 Å². The monoisotopic (exact) mass is 578 g/mol. The van der Waals surface area contributed by atoms with Crippen LogP contribution in [0.2, 0.25) is 0 Å². The molecule has 3 aromatic carbocycles. The average molecular weight is 578 g/mol. The number of unbranched alkanes of at least 4 members (excludes halogenated alkanes) is 2. The van der Waals surface area contributed by atoms with Crippen LogP contribution >= 0.6 is 0 Å². The van der Waals surface area contributed by atoms with Gasteiger partial charge in [0, 0.05) is 23.6 Å². The van der Waals surface area contributed by atoms with Crippen LogP contribution in [0.1, 0.15) is 50.0 Å². The van der Waals surface area contributed by atoms with Gasteiger partial charge in [-0.1, -0.05) is 26.2 Å². The maximum atomic E-state index is 15.0. The maximum absolute atomic E-state index is 15.0. The summed E-state index contributed by atoms with van der Waals surface area (Å²) in [7, 11) is 0. The lowest BCUT2D eigenvalue weighted by molar-refractivity contribution is -0.206. The van der Waals surface area contributed by atoms with Crippen LogP contribution in [0.4, 0.5) is 39.5 Å². The average Bonchev–Trinajstić information content (AvgIpc) is 2.86. The van der Waals surface area contributed by atoms with Crippen LogP contribution in [-0.4, -0.2) is 13.2 Å². The Labute approximate surface area is 223 Å². The first kappa shape index (κ1) is 29.7. The molecule has 0 saturated carbocycles. The first-order chi connectivity index (χ1) is 18.9. The second-order valence-corrected chi connectivity index (χ2v) is 9.35. The molecule has 4 rings (SSSR count). The van der Waals surface area contributed by atoms with E-state index in [1.54, 1.807) is 0 Å². The van der Waals surface area contributed by atoms with E-state index in [-0.39, 0.29) is 35.7 Å². The van der Waals surface area contributed by atoms with Crippen molar-refractivity contribution in [2.75, 3.05) is 13.2 Å². The number of halogens is 9. The fourth-order valence-electron chi connectivity index (χ4n) is 4.38. The zero-order valence-electron chi connectivity index (χ0n) is 21.0. The summed E-state index contributed by atoms with van der Waals surface area (Å²) in [5, 5.41) is 0. The van der Waals surface area contributed by atoms with Crippen LogP contribution in [-0.2, 0) is 15.6 Å². The van der Waals surface area contributed by atoms with E-state index in [9.17, 15) is 39.5 Å². The lowest BCUT2D eigenvalue weighted by Gasteiger charge is -2.30. The normalized spacial score (nSPS) is 17.8. The quantitative estimate of drug-likeness (QED) is 0.144. The van der Waals surface area contributed by atoms with Crippen molar-refractivity contribution >= 4 is 0 Å². The lowest BCUT2D eigenvalue weighted by Crippen LogP contribution is -2.27. The summed E-state index contributed by atoms with van der Waals surface area (Å²) in [4.78, 5) is 0. The van der Waals surface area contributed by atoms with E-state index < -0.39 is 75.6 Å². The van der Waals surface area contributed by atoms with Gasteiger partial charge in [0.15, 0.2) is 23.7 Å². The number of benzene rings is 3. The highest BCUT2D eigenvalue weighted by atomic mass is 19.3. The van der Waals surface area contributed by atoms with Crippen LogP contribution in [0.5, 0.6) is 5.75 Å². The Hall–Kier alpha value is -3.25. The van der Waals surface area contributed by atoms with Gasteiger partial charge in [-0.05, 0) is 36.2 Å². The minimum absolute atomic E-state index is 0.0259. The molecule has 12 heteroatoms. The summed E-state index contributed by atoms with van der Waals surface area (Å²) < 4.78 is 143. The molecular weight excluding hydrogens is 555 g/mol. The van der Waals surface area contributed by atoms with Crippen LogP contribution < -0.4 is 4.74 Å². The van der Waals surface area contributed by atoms with E-state index >= 15 is 0 Å². The predicted octanol–water partition coefficient (Wildman–Crippen LogP) is 8.70. The van der Waals surface area contributed by atoms with E-state index in [4.69, 9.17) is 9.47 Å². The molecule has 1 aliphatic rings. The minimum atomic E-state index is -4.85. The van der Waals surface area contributed by atoms with Gasteiger partial charge in [-0.15, -0.1) is 0 Å². The molecule has 0 bridgehead atoms. The topological polar surface area (TPSA) is 27.7 Å². The Morgan fingerprint density at radius 2 is 1.30 bits per heavy atom. The summed E-state index contributed by atoms with van der Waals surface area (Å²) in [5.74, 6) is -13.3. The van der Waals surface area contributed by atoms with Crippen LogP contribution in [0.15, 0.2) is 36.4 Å². The van der Waals surface area contributed by atoms with Crippen molar-refractivity contribution in [1.82, 2.24) is 0 Å². The molecule has 3 nitrogen and oxygen atoms in total. The first-order valence-electron chi connectivity index (χ1n) is 12.3. The number of hydrogen-bond acceptors (Lipinski definition) is 3. The molecule has 0 aromatic heterocycles. The standard InChI is InChI=1S/C28H23F9O3/c1-2-3-4-5-14-12-38-27(39-13-14)16-8-18(29)24(19(30)9-16)15-6-20(31)25(21(32)7-15)28(36,37)40-17-10-22(33)26(35)23(34)11-17/h6-11,14,27H,2-5,12-13H2,1H3. The molecule has 0 spiro atoms. The van der Waals surface area contributed by atoms with Crippen molar-refractivity contribution in [2.45, 2.75) is 45.0 Å². The second kappa shape index (κ2) is 12.1. The van der Waals surface area contributed by atoms with Gasteiger partial charge >= 0.3 is 6.11 Å². The number of ether oxygens (including phenoxy) is 3. The smallest absolute Gasteiger partial charge is 0.429 e. The van der Waals surface area contributed by atoms with Gasteiger partial charge < -0.3 is 14.2 Å². The molecule has 1 fully saturated rings. The van der Waals surface area contributed by atoms with Gasteiger partial charge in [0.05, 0.1) is 18.8 Å². The number of alkyl halides is 2. The predicted molar refractivity (Wildman–Crippen MR) is 125 cm³/mol. The second-order valence-electron chi connectivity index (χ2n) is 9.35. The molecule has 0 amide bonds. The van der Waals surface area contributed by atoms with Gasteiger partial charge in [-0.2, -0.15) is 8.78 Å². The molecule has 1 saturated heterocycles. The molecule has 0 aliphatic carbocycles. The summed E-state index contributed by atoms with van der Waals surface area (Å²) in [6.07, 6.45) is -1.96. The molecule has 216 valence electrons. The minimum Gasteiger partial charge on any atom is -0.429 e. The van der Waals surface area contributed by atoms with Crippen molar-refractivity contribution in [1.29, 1.82) is 0 Å². The Kier molecular flexibility index (Phi) is 8.99. The Balaban J connectivity index is 1.56. The van der Waals surface area contributed by atoms with Crippen LogP contribution in [0, 0.1) is 46.6 Å². The number of rotatable bonds is 9. The van der Waals surface area contributed by atoms with Gasteiger partial charge in [0.2, 0.25) is 0 Å². The third kappa shape index (κ3) is 6.38. The lowest BCUT2D eigenvalue weighted by atomic mass is 9.99. The van der Waals surface area contributed by atoms with E-state index in [1.165, 1.54) is 0 Å². The highest BCUT2D eigenvalue weighted by Crippen LogP contribution is 2.39. The molecule has 3 aromatic rings. The summed E-state index contributed by atoms with van der Waals surface area (Å²) in [6, 6.07) is 2.29. The van der Waals surface area contributed by atoms with Gasteiger partial charge in [0.1, 0.15) is 34.6 Å². The SMILES string of the molecule is CCCCCC1COC(c2cc(F)c(-c3cc(F)c(C(F)(F)Oc4cc(F)c(F)c(F)c4)c(F)c3)c(F)c2)OC1. The Bertz CT molecular complexity index is 1300.